The van der Waals surface area contributed by atoms with Crippen LogP contribution >= 0.6 is 0 Å². The Labute approximate surface area is 142 Å². The molecule has 0 aromatic carbocycles. The molecule has 6 nitrogen and oxygen atoms in total. The van der Waals surface area contributed by atoms with Crippen LogP contribution in [-0.2, 0) is 0 Å². The van der Waals surface area contributed by atoms with Gasteiger partial charge < -0.3 is 9.47 Å². The van der Waals surface area contributed by atoms with E-state index in [0.29, 0.717) is 23.4 Å². The van der Waals surface area contributed by atoms with E-state index in [2.05, 4.69) is 20.2 Å². The van der Waals surface area contributed by atoms with Gasteiger partial charge in [0.1, 0.15) is 5.69 Å². The summed E-state index contributed by atoms with van der Waals surface area (Å²) in [6, 6.07) is 1.89. The van der Waals surface area contributed by atoms with Gasteiger partial charge in [-0.3, -0.25) is 0 Å². The van der Waals surface area contributed by atoms with Crippen molar-refractivity contribution >= 4 is 0 Å². The van der Waals surface area contributed by atoms with E-state index in [1.54, 1.807) is 13.0 Å². The Kier molecular flexibility index (Phi) is 4.49. The lowest BCUT2D eigenvalue weighted by Crippen LogP contribution is -2.09. The Morgan fingerprint density at radius 3 is 2.60 bits per heavy atom. The molecule has 0 saturated heterocycles. The van der Waals surface area contributed by atoms with Crippen LogP contribution in [-0.4, -0.2) is 40.6 Å². The van der Waals surface area contributed by atoms with Gasteiger partial charge in [-0.25, -0.2) is 4.98 Å². The molecule has 2 aromatic rings. The number of ether oxygens (including phenoxy) is 2. The van der Waals surface area contributed by atoms with E-state index in [-0.39, 0.29) is 17.8 Å². The molecule has 0 N–H and O–H groups in total. The lowest BCUT2D eigenvalue weighted by molar-refractivity contribution is -0.138. The second kappa shape index (κ2) is 6.45. The van der Waals surface area contributed by atoms with Gasteiger partial charge in [0.05, 0.1) is 25.5 Å². The molecule has 0 spiro atoms. The van der Waals surface area contributed by atoms with Crippen molar-refractivity contribution in [2.75, 3.05) is 14.2 Å². The van der Waals surface area contributed by atoms with Gasteiger partial charge in [-0.05, 0) is 36.8 Å². The molecular weight excluding hydrogens is 337 g/mol. The Balaban J connectivity index is 1.91. The third kappa shape index (κ3) is 3.80. The molecule has 0 unspecified atom stereocenters. The molecule has 2 heterocycles. The summed E-state index contributed by atoms with van der Waals surface area (Å²) < 4.78 is 47.9. The molecule has 134 valence electrons. The van der Waals surface area contributed by atoms with Crippen LogP contribution in [0.1, 0.15) is 30.0 Å². The number of alkyl halides is 3. The Morgan fingerprint density at radius 1 is 1.20 bits per heavy atom. The van der Waals surface area contributed by atoms with Crippen molar-refractivity contribution in [3.8, 4) is 23.1 Å². The van der Waals surface area contributed by atoms with E-state index in [1.807, 2.05) is 0 Å². The topological polar surface area (TPSA) is 70.0 Å². The van der Waals surface area contributed by atoms with Crippen molar-refractivity contribution < 1.29 is 22.6 Å². The average molecular weight is 354 g/mol. The average Bonchev–Trinajstić information content (AvgIpc) is 3.31. The van der Waals surface area contributed by atoms with Gasteiger partial charge in [-0.2, -0.15) is 23.3 Å². The third-order valence-electron chi connectivity index (χ3n) is 4.22. The quantitative estimate of drug-likeness (QED) is 0.820. The van der Waals surface area contributed by atoms with Gasteiger partial charge in [0.2, 0.25) is 5.88 Å². The number of methoxy groups -OCH3 is 2. The zero-order chi connectivity index (χ0) is 18.2. The summed E-state index contributed by atoms with van der Waals surface area (Å²) in [7, 11) is 2.89. The third-order valence-corrected chi connectivity index (χ3v) is 4.22. The molecule has 1 aliphatic carbocycles. The van der Waals surface area contributed by atoms with Crippen molar-refractivity contribution in [3.05, 3.63) is 23.5 Å². The molecule has 0 aliphatic heterocycles. The highest BCUT2D eigenvalue weighted by Gasteiger charge is 2.46. The first-order chi connectivity index (χ1) is 11.8. The normalized spacial score (nSPS) is 19.6. The van der Waals surface area contributed by atoms with Gasteiger partial charge in [0, 0.05) is 12.6 Å². The van der Waals surface area contributed by atoms with E-state index in [0.717, 1.165) is 5.56 Å². The number of hydrogen-bond donors (Lipinski definition) is 0. The molecule has 1 aliphatic rings. The van der Waals surface area contributed by atoms with E-state index in [4.69, 9.17) is 9.47 Å². The monoisotopic (exact) mass is 354 g/mol. The summed E-state index contributed by atoms with van der Waals surface area (Å²) in [5, 5.41) is 8.20. The first kappa shape index (κ1) is 17.4. The molecular formula is C16H17F3N4O2. The lowest BCUT2D eigenvalue weighted by Gasteiger charge is -2.10. The van der Waals surface area contributed by atoms with Gasteiger partial charge in [0.25, 0.3) is 0 Å². The lowest BCUT2D eigenvalue weighted by atomic mass is 10.0. The predicted octanol–water partition coefficient (Wildman–Crippen LogP) is 3.32. The minimum atomic E-state index is -4.15. The minimum absolute atomic E-state index is 0.147. The summed E-state index contributed by atoms with van der Waals surface area (Å²) in [6.45, 7) is 1.75. The van der Waals surface area contributed by atoms with Crippen LogP contribution < -0.4 is 9.47 Å². The standard InChI is InChI=1S/C16H17F3N4O2/c1-8-10(11-4-9(11)6-16(17,18)19)5-13(23-22-8)12-7-20-15(25-3)21-14(12)24-2/h5,7,9,11H,4,6H2,1-3H3/t9-,11+/m1/s1. The van der Waals surface area contributed by atoms with Gasteiger partial charge in [0.15, 0.2) is 0 Å². The number of nitrogens with zero attached hydrogens (tertiary/aromatic N) is 4. The fourth-order valence-electron chi connectivity index (χ4n) is 2.91. The largest absolute Gasteiger partial charge is 0.480 e. The van der Waals surface area contributed by atoms with Crippen molar-refractivity contribution in [3.63, 3.8) is 0 Å². The number of rotatable bonds is 5. The highest BCUT2D eigenvalue weighted by Crippen LogP contribution is 2.53. The molecule has 1 fully saturated rings. The molecule has 0 bridgehead atoms. The first-order valence-electron chi connectivity index (χ1n) is 7.68. The summed E-state index contributed by atoms with van der Waals surface area (Å²) in [5.41, 5.74) is 2.37. The van der Waals surface area contributed by atoms with Crippen LogP contribution in [0.3, 0.4) is 0 Å². The maximum absolute atomic E-state index is 12.6. The minimum Gasteiger partial charge on any atom is -0.480 e. The van der Waals surface area contributed by atoms with Crippen molar-refractivity contribution in [2.45, 2.75) is 31.9 Å². The summed E-state index contributed by atoms with van der Waals surface area (Å²) in [4.78, 5) is 8.12. The van der Waals surface area contributed by atoms with E-state index in [9.17, 15) is 13.2 Å². The second-order valence-corrected chi connectivity index (χ2v) is 5.97. The Hall–Kier alpha value is -2.45. The first-order valence-corrected chi connectivity index (χ1v) is 7.68. The van der Waals surface area contributed by atoms with Crippen molar-refractivity contribution in [1.82, 2.24) is 20.2 Å². The molecule has 9 heteroatoms. The second-order valence-electron chi connectivity index (χ2n) is 5.97. The summed E-state index contributed by atoms with van der Waals surface area (Å²) >= 11 is 0. The Bertz CT molecular complexity index is 782. The summed E-state index contributed by atoms with van der Waals surface area (Å²) in [6.07, 6.45) is -2.93. The summed E-state index contributed by atoms with van der Waals surface area (Å²) in [5.74, 6) is -0.288. The fourth-order valence-corrected chi connectivity index (χ4v) is 2.91. The molecule has 3 rings (SSSR count). The van der Waals surface area contributed by atoms with Gasteiger partial charge >= 0.3 is 12.2 Å². The molecule has 25 heavy (non-hydrogen) atoms. The molecule has 2 aromatic heterocycles. The van der Waals surface area contributed by atoms with Crippen LogP contribution in [0.5, 0.6) is 11.9 Å². The van der Waals surface area contributed by atoms with Crippen molar-refractivity contribution in [1.29, 1.82) is 0 Å². The van der Waals surface area contributed by atoms with Crippen molar-refractivity contribution in [2.24, 2.45) is 5.92 Å². The molecule has 2 atom stereocenters. The van der Waals surface area contributed by atoms with E-state index in [1.165, 1.54) is 20.4 Å². The molecule has 0 radical (unpaired) electrons. The fraction of sp³-hybridized carbons (Fsp3) is 0.500. The van der Waals surface area contributed by atoms with Crippen LogP contribution in [0.25, 0.3) is 11.3 Å². The Morgan fingerprint density at radius 2 is 1.96 bits per heavy atom. The van der Waals surface area contributed by atoms with Crippen LogP contribution in [0.4, 0.5) is 13.2 Å². The van der Waals surface area contributed by atoms with Crippen LogP contribution in [0, 0.1) is 12.8 Å². The SMILES string of the molecule is COc1ncc(-c2cc([C@H]3C[C@@H]3CC(F)(F)F)c(C)nn2)c(OC)n1. The predicted molar refractivity (Wildman–Crippen MR) is 82.4 cm³/mol. The maximum Gasteiger partial charge on any atom is 0.389 e. The zero-order valence-electron chi connectivity index (χ0n) is 14.0. The smallest absolute Gasteiger partial charge is 0.389 e. The number of hydrogen-bond acceptors (Lipinski definition) is 6. The van der Waals surface area contributed by atoms with Crippen LogP contribution in [0.2, 0.25) is 0 Å². The zero-order valence-corrected chi connectivity index (χ0v) is 14.0. The number of aryl methyl sites for hydroxylation is 1. The van der Waals surface area contributed by atoms with Crippen LogP contribution in [0.15, 0.2) is 12.3 Å². The van der Waals surface area contributed by atoms with E-state index >= 15 is 0 Å². The van der Waals surface area contributed by atoms with Gasteiger partial charge in [-0.1, -0.05) is 0 Å². The maximum atomic E-state index is 12.6. The van der Waals surface area contributed by atoms with Gasteiger partial charge in [-0.15, -0.1) is 5.10 Å². The molecule has 1 saturated carbocycles. The number of aromatic nitrogens is 4. The van der Waals surface area contributed by atoms with E-state index < -0.39 is 18.5 Å². The highest BCUT2D eigenvalue weighted by atomic mass is 19.4. The highest BCUT2D eigenvalue weighted by molar-refractivity contribution is 5.64. The molecule has 0 amide bonds. The number of halogens is 3.